The molecule has 1 amide bonds. The van der Waals surface area contributed by atoms with Gasteiger partial charge in [-0.3, -0.25) is 4.79 Å². The summed E-state index contributed by atoms with van der Waals surface area (Å²) in [5, 5.41) is 3.34. The van der Waals surface area contributed by atoms with Crippen molar-refractivity contribution >= 4 is 16.9 Å². The van der Waals surface area contributed by atoms with Gasteiger partial charge in [0.05, 0.1) is 24.8 Å². The van der Waals surface area contributed by atoms with E-state index in [4.69, 9.17) is 14.5 Å². The van der Waals surface area contributed by atoms with E-state index in [-0.39, 0.29) is 5.41 Å². The molecule has 7 rings (SSSR count). The smallest absolute Gasteiger partial charge is 0.226 e. The molecule has 1 heterocycles. The van der Waals surface area contributed by atoms with Gasteiger partial charge in [0.15, 0.2) is 11.5 Å². The van der Waals surface area contributed by atoms with Crippen LogP contribution in [0.25, 0.3) is 11.0 Å². The van der Waals surface area contributed by atoms with Gasteiger partial charge in [-0.25, -0.2) is 4.98 Å². The van der Waals surface area contributed by atoms with Gasteiger partial charge in [-0.05, 0) is 98.9 Å². The second-order valence-electron chi connectivity index (χ2n) is 12.1. The van der Waals surface area contributed by atoms with Crippen LogP contribution in [0.1, 0.15) is 56.3 Å². The molecule has 6 heteroatoms. The second kappa shape index (κ2) is 11.1. The number of ether oxygens (including phenoxy) is 2. The van der Waals surface area contributed by atoms with Crippen LogP contribution in [-0.2, 0) is 24.2 Å². The predicted octanol–water partition coefficient (Wildman–Crippen LogP) is 6.12. The van der Waals surface area contributed by atoms with E-state index in [0.29, 0.717) is 19.1 Å². The van der Waals surface area contributed by atoms with Crippen molar-refractivity contribution in [2.24, 2.45) is 23.2 Å². The van der Waals surface area contributed by atoms with E-state index >= 15 is 0 Å². The van der Waals surface area contributed by atoms with Gasteiger partial charge in [-0.1, -0.05) is 24.3 Å². The van der Waals surface area contributed by atoms with E-state index in [0.717, 1.165) is 96.7 Å². The first-order chi connectivity index (χ1) is 19.1. The van der Waals surface area contributed by atoms with Crippen LogP contribution in [0.15, 0.2) is 55.1 Å². The van der Waals surface area contributed by atoms with Crippen molar-refractivity contribution in [3.05, 3.63) is 66.5 Å². The largest absolute Gasteiger partial charge is 0.493 e. The van der Waals surface area contributed by atoms with Crippen LogP contribution in [0.4, 0.5) is 0 Å². The summed E-state index contributed by atoms with van der Waals surface area (Å²) in [6.07, 6.45) is 11.6. The Balaban J connectivity index is 1.07. The third kappa shape index (κ3) is 5.30. The Morgan fingerprint density at radius 1 is 1.10 bits per heavy atom. The molecule has 39 heavy (non-hydrogen) atoms. The Bertz CT molecular complexity index is 1310. The summed E-state index contributed by atoms with van der Waals surface area (Å²) in [7, 11) is 1.67. The summed E-state index contributed by atoms with van der Waals surface area (Å²) in [5.74, 6) is 5.15. The molecule has 3 aromatic rings. The number of fused-ring (bicyclic) bond motifs is 1. The lowest BCUT2D eigenvalue weighted by molar-refractivity contribution is -0.146. The van der Waals surface area contributed by atoms with Gasteiger partial charge in [0.25, 0.3) is 0 Å². The summed E-state index contributed by atoms with van der Waals surface area (Å²) in [6.45, 7) is 5.82. The molecule has 4 aliphatic rings. The number of amides is 1. The number of imidazole rings is 1. The Morgan fingerprint density at radius 3 is 2.56 bits per heavy atom. The van der Waals surface area contributed by atoms with Crippen LogP contribution in [0.5, 0.6) is 11.5 Å². The quantitative estimate of drug-likeness (QED) is 0.228. The van der Waals surface area contributed by atoms with Crippen LogP contribution < -0.4 is 14.8 Å². The molecule has 0 spiro atoms. The van der Waals surface area contributed by atoms with Crippen molar-refractivity contribution in [3.63, 3.8) is 0 Å². The average Bonchev–Trinajstić information content (AvgIpc) is 3.28. The summed E-state index contributed by atoms with van der Waals surface area (Å²) in [6, 6.07) is 14.3. The minimum atomic E-state index is -0.100. The van der Waals surface area contributed by atoms with E-state index in [1.54, 1.807) is 7.11 Å². The number of carbonyl (C=O) groups excluding carboxylic acids is 1. The van der Waals surface area contributed by atoms with Gasteiger partial charge in [-0.2, -0.15) is 0 Å². The summed E-state index contributed by atoms with van der Waals surface area (Å²) in [5.41, 5.74) is 3.18. The molecule has 0 unspecified atom stereocenters. The van der Waals surface area contributed by atoms with Crippen molar-refractivity contribution in [1.82, 2.24) is 14.9 Å². The Morgan fingerprint density at radius 2 is 1.85 bits per heavy atom. The molecule has 4 bridgehead atoms. The fourth-order valence-corrected chi connectivity index (χ4v) is 7.96. The van der Waals surface area contributed by atoms with Gasteiger partial charge in [-0.15, -0.1) is 6.58 Å². The topological polar surface area (TPSA) is 65.4 Å². The lowest BCUT2D eigenvalue weighted by Gasteiger charge is -2.55. The summed E-state index contributed by atoms with van der Waals surface area (Å²) < 4.78 is 13.9. The SMILES string of the molecule is C=CCc1ccc(OCCCn2c(CCNC(=O)C34CC5CC(CC(C5)C3)C4)nc3ccccc32)c(OC)c1. The van der Waals surface area contributed by atoms with Gasteiger partial charge < -0.3 is 19.4 Å². The lowest BCUT2D eigenvalue weighted by atomic mass is 9.49. The molecule has 0 radical (unpaired) electrons. The van der Waals surface area contributed by atoms with E-state index in [2.05, 4.69) is 40.7 Å². The molecule has 2 aromatic carbocycles. The standard InChI is InChI=1S/C33H41N3O3/c1-3-7-23-10-11-29(30(19-23)38-2)39-15-6-14-36-28-9-5-4-8-27(28)35-31(36)12-13-34-32(37)33-20-24-16-25(21-33)18-26(17-24)22-33/h3-5,8-11,19,24-26H,1,6-7,12-18,20-22H2,2H3,(H,34,37). The van der Waals surface area contributed by atoms with Gasteiger partial charge >= 0.3 is 0 Å². The number of aryl methyl sites for hydroxylation is 1. The maximum Gasteiger partial charge on any atom is 0.226 e. The Labute approximate surface area is 231 Å². The Hall–Kier alpha value is -3.28. The van der Waals surface area contributed by atoms with Crippen LogP contribution in [0, 0.1) is 23.2 Å². The number of methoxy groups -OCH3 is 1. The maximum atomic E-state index is 13.4. The van der Waals surface area contributed by atoms with Crippen molar-refractivity contribution < 1.29 is 14.3 Å². The number of rotatable bonds is 12. The molecule has 0 saturated heterocycles. The number of para-hydroxylation sites is 2. The summed E-state index contributed by atoms with van der Waals surface area (Å²) >= 11 is 0. The Kier molecular flexibility index (Phi) is 7.37. The van der Waals surface area contributed by atoms with E-state index in [1.807, 2.05) is 24.3 Å². The number of nitrogens with one attached hydrogen (secondary N) is 1. The first-order valence-corrected chi connectivity index (χ1v) is 14.7. The maximum absolute atomic E-state index is 13.4. The number of carbonyl (C=O) groups is 1. The van der Waals surface area contributed by atoms with E-state index in [9.17, 15) is 4.79 Å². The van der Waals surface area contributed by atoms with Crippen LogP contribution in [0.3, 0.4) is 0 Å². The zero-order valence-corrected chi connectivity index (χ0v) is 23.2. The van der Waals surface area contributed by atoms with Crippen molar-refractivity contribution in [3.8, 4) is 11.5 Å². The number of aromatic nitrogens is 2. The molecule has 4 aliphatic carbocycles. The van der Waals surface area contributed by atoms with E-state index < -0.39 is 0 Å². The molecular formula is C33H41N3O3. The third-order valence-corrected chi connectivity index (χ3v) is 9.28. The highest BCUT2D eigenvalue weighted by Crippen LogP contribution is 2.60. The monoisotopic (exact) mass is 527 g/mol. The number of benzene rings is 2. The molecule has 1 aromatic heterocycles. The predicted molar refractivity (Wildman–Crippen MR) is 154 cm³/mol. The number of hydrogen-bond donors (Lipinski definition) is 1. The molecule has 0 atom stereocenters. The van der Waals surface area contributed by atoms with Crippen molar-refractivity contribution in [1.29, 1.82) is 0 Å². The normalized spacial score (nSPS) is 25.1. The van der Waals surface area contributed by atoms with Crippen molar-refractivity contribution in [2.45, 2.75) is 64.3 Å². The number of nitrogens with zero attached hydrogens (tertiary/aromatic N) is 2. The lowest BCUT2D eigenvalue weighted by Crippen LogP contribution is -2.53. The highest BCUT2D eigenvalue weighted by atomic mass is 16.5. The molecule has 1 N–H and O–H groups in total. The average molecular weight is 528 g/mol. The minimum Gasteiger partial charge on any atom is -0.493 e. The number of allylic oxidation sites excluding steroid dienone is 1. The molecule has 4 saturated carbocycles. The van der Waals surface area contributed by atoms with Crippen LogP contribution in [-0.4, -0.2) is 35.7 Å². The summed E-state index contributed by atoms with van der Waals surface area (Å²) in [4.78, 5) is 18.4. The highest BCUT2D eigenvalue weighted by Gasteiger charge is 2.54. The zero-order chi connectivity index (χ0) is 26.8. The fourth-order valence-electron chi connectivity index (χ4n) is 7.96. The molecular weight excluding hydrogens is 486 g/mol. The highest BCUT2D eigenvalue weighted by molar-refractivity contribution is 5.83. The van der Waals surface area contributed by atoms with Crippen LogP contribution in [0.2, 0.25) is 0 Å². The fraction of sp³-hybridized carbons (Fsp3) is 0.515. The van der Waals surface area contributed by atoms with Gasteiger partial charge in [0, 0.05) is 24.9 Å². The third-order valence-electron chi connectivity index (χ3n) is 9.28. The molecule has 6 nitrogen and oxygen atoms in total. The molecule has 0 aliphatic heterocycles. The van der Waals surface area contributed by atoms with Gasteiger partial charge in [0.2, 0.25) is 5.91 Å². The number of hydrogen-bond acceptors (Lipinski definition) is 4. The second-order valence-corrected chi connectivity index (χ2v) is 12.1. The van der Waals surface area contributed by atoms with Gasteiger partial charge in [0.1, 0.15) is 5.82 Å². The molecule has 4 fully saturated rings. The van der Waals surface area contributed by atoms with E-state index in [1.165, 1.54) is 19.3 Å². The zero-order valence-electron chi connectivity index (χ0n) is 23.2. The van der Waals surface area contributed by atoms with Crippen LogP contribution >= 0.6 is 0 Å². The first-order valence-electron chi connectivity index (χ1n) is 14.7. The van der Waals surface area contributed by atoms with Crippen molar-refractivity contribution in [2.75, 3.05) is 20.3 Å². The first kappa shape index (κ1) is 26.0. The minimum absolute atomic E-state index is 0.100. The molecule has 206 valence electrons.